The summed E-state index contributed by atoms with van der Waals surface area (Å²) in [4.78, 5) is 12.2. The van der Waals surface area contributed by atoms with E-state index >= 15 is 0 Å². The minimum Gasteiger partial charge on any atom is -0.491 e. The molecule has 1 fully saturated rings. The van der Waals surface area contributed by atoms with E-state index in [0.717, 1.165) is 31.4 Å². The predicted octanol–water partition coefficient (Wildman–Crippen LogP) is 3.39. The van der Waals surface area contributed by atoms with Crippen LogP contribution in [0.25, 0.3) is 0 Å². The number of hydrogen-bond donors (Lipinski definition) is 2. The molecule has 4 nitrogen and oxygen atoms in total. The van der Waals surface area contributed by atoms with Crippen molar-refractivity contribution in [3.63, 3.8) is 0 Å². The van der Waals surface area contributed by atoms with Crippen molar-refractivity contribution < 1.29 is 9.53 Å². The van der Waals surface area contributed by atoms with Crippen molar-refractivity contribution in [3.8, 4) is 5.75 Å². The van der Waals surface area contributed by atoms with E-state index in [0.29, 0.717) is 19.1 Å². The number of nitrogens with one attached hydrogen (secondary N) is 1. The number of nitrogens with two attached hydrogens (primary N) is 1. The van der Waals surface area contributed by atoms with Crippen molar-refractivity contribution in [2.45, 2.75) is 57.4 Å². The van der Waals surface area contributed by atoms with Crippen molar-refractivity contribution in [3.05, 3.63) is 29.8 Å². The lowest BCUT2D eigenvalue weighted by Gasteiger charge is -2.31. The Morgan fingerprint density at radius 2 is 1.91 bits per heavy atom. The Hall–Kier alpha value is -1.26. The summed E-state index contributed by atoms with van der Waals surface area (Å²) in [7, 11) is 0. The highest BCUT2D eigenvalue weighted by atomic mass is 35.5. The Labute approximate surface area is 145 Å². The molecule has 1 aromatic rings. The fraction of sp³-hybridized carbons (Fsp3) is 0.611. The third-order valence-corrected chi connectivity index (χ3v) is 4.38. The van der Waals surface area contributed by atoms with Gasteiger partial charge in [0.15, 0.2) is 0 Å². The van der Waals surface area contributed by atoms with Crippen molar-refractivity contribution in [2.75, 3.05) is 13.2 Å². The van der Waals surface area contributed by atoms with E-state index in [2.05, 4.69) is 25.2 Å². The third kappa shape index (κ3) is 5.40. The van der Waals surface area contributed by atoms with E-state index < -0.39 is 5.54 Å². The number of halogens is 1. The van der Waals surface area contributed by atoms with Gasteiger partial charge in [-0.25, -0.2) is 0 Å². The molecule has 23 heavy (non-hydrogen) atoms. The Bertz CT molecular complexity index is 500. The van der Waals surface area contributed by atoms with Crippen LogP contribution in [-0.2, 0) is 4.79 Å². The molecule has 1 aliphatic rings. The first kappa shape index (κ1) is 19.8. The van der Waals surface area contributed by atoms with Crippen LogP contribution in [0.3, 0.4) is 0 Å². The lowest BCUT2D eigenvalue weighted by Crippen LogP contribution is -2.55. The van der Waals surface area contributed by atoms with Gasteiger partial charge < -0.3 is 15.8 Å². The van der Waals surface area contributed by atoms with Gasteiger partial charge in [0.1, 0.15) is 12.4 Å². The molecule has 0 heterocycles. The summed E-state index contributed by atoms with van der Waals surface area (Å²) < 4.78 is 5.81. The molecule has 0 aromatic heterocycles. The van der Waals surface area contributed by atoms with Gasteiger partial charge in [-0.05, 0) is 30.4 Å². The van der Waals surface area contributed by atoms with Crippen LogP contribution in [0.4, 0.5) is 0 Å². The molecule has 1 saturated carbocycles. The standard InChI is InChI=1S/C18H28N2O2.ClH/c1-14(2)15-8-4-5-9-16(15)22-13-12-20-17(21)18(19)10-6-3-7-11-18;/h4-5,8-9,14H,3,6-7,10-13,19H2,1-2H3,(H,20,21);1H. The van der Waals surface area contributed by atoms with Crippen molar-refractivity contribution in [2.24, 2.45) is 5.73 Å². The number of amides is 1. The monoisotopic (exact) mass is 340 g/mol. The van der Waals surface area contributed by atoms with Gasteiger partial charge in [0.2, 0.25) is 5.91 Å². The number of carbonyl (C=O) groups is 1. The zero-order valence-corrected chi connectivity index (χ0v) is 15.0. The van der Waals surface area contributed by atoms with Crippen LogP contribution in [0, 0.1) is 0 Å². The van der Waals surface area contributed by atoms with Crippen LogP contribution < -0.4 is 15.8 Å². The first-order valence-electron chi connectivity index (χ1n) is 8.32. The van der Waals surface area contributed by atoms with Gasteiger partial charge in [0.25, 0.3) is 0 Å². The van der Waals surface area contributed by atoms with Gasteiger partial charge in [-0.1, -0.05) is 51.3 Å². The number of carbonyl (C=O) groups excluding carboxylic acids is 1. The number of benzene rings is 1. The zero-order chi connectivity index (χ0) is 16.0. The summed E-state index contributed by atoms with van der Waals surface area (Å²) in [6.07, 6.45) is 4.84. The van der Waals surface area contributed by atoms with E-state index in [1.807, 2.05) is 18.2 Å². The molecule has 0 radical (unpaired) electrons. The lowest BCUT2D eigenvalue weighted by molar-refractivity contribution is -0.127. The van der Waals surface area contributed by atoms with Gasteiger partial charge >= 0.3 is 0 Å². The second-order valence-electron chi connectivity index (χ2n) is 6.51. The highest BCUT2D eigenvalue weighted by Gasteiger charge is 2.34. The second-order valence-corrected chi connectivity index (χ2v) is 6.51. The summed E-state index contributed by atoms with van der Waals surface area (Å²) in [5, 5.41) is 2.92. The minimum atomic E-state index is -0.673. The average molecular weight is 341 g/mol. The van der Waals surface area contributed by atoms with Gasteiger partial charge in [-0.2, -0.15) is 0 Å². The van der Waals surface area contributed by atoms with E-state index in [1.54, 1.807) is 0 Å². The molecule has 130 valence electrons. The largest absolute Gasteiger partial charge is 0.491 e. The van der Waals surface area contributed by atoms with Crippen LogP contribution in [0.15, 0.2) is 24.3 Å². The van der Waals surface area contributed by atoms with Crippen LogP contribution in [0.2, 0.25) is 0 Å². The van der Waals surface area contributed by atoms with Crippen molar-refractivity contribution >= 4 is 18.3 Å². The second kappa shape index (κ2) is 9.14. The molecule has 1 aliphatic carbocycles. The minimum absolute atomic E-state index is 0. The molecular formula is C18H29ClN2O2. The molecule has 1 amide bonds. The number of rotatable bonds is 6. The molecule has 0 bridgehead atoms. The van der Waals surface area contributed by atoms with Gasteiger partial charge in [0, 0.05) is 0 Å². The van der Waals surface area contributed by atoms with Gasteiger partial charge in [-0.15, -0.1) is 12.4 Å². The quantitative estimate of drug-likeness (QED) is 0.780. The predicted molar refractivity (Wildman–Crippen MR) is 96.3 cm³/mol. The summed E-state index contributed by atoms with van der Waals surface area (Å²) in [6.45, 7) is 5.24. The van der Waals surface area contributed by atoms with Crippen LogP contribution >= 0.6 is 12.4 Å². The zero-order valence-electron chi connectivity index (χ0n) is 14.1. The molecule has 0 atom stereocenters. The lowest BCUT2D eigenvalue weighted by atomic mass is 9.82. The Morgan fingerprint density at radius 1 is 1.26 bits per heavy atom. The molecule has 0 unspecified atom stereocenters. The molecule has 0 spiro atoms. The molecule has 3 N–H and O–H groups in total. The third-order valence-electron chi connectivity index (χ3n) is 4.38. The Morgan fingerprint density at radius 3 is 2.57 bits per heavy atom. The maximum absolute atomic E-state index is 12.2. The molecule has 2 rings (SSSR count). The Balaban J connectivity index is 0.00000264. The van der Waals surface area contributed by atoms with Crippen molar-refractivity contribution in [1.29, 1.82) is 0 Å². The van der Waals surface area contributed by atoms with E-state index in [9.17, 15) is 4.79 Å². The fourth-order valence-corrected chi connectivity index (χ4v) is 3.00. The normalized spacial score (nSPS) is 16.5. The fourth-order valence-electron chi connectivity index (χ4n) is 3.00. The summed E-state index contributed by atoms with van der Waals surface area (Å²) >= 11 is 0. The maximum atomic E-state index is 12.2. The molecular weight excluding hydrogens is 312 g/mol. The smallest absolute Gasteiger partial charge is 0.240 e. The number of ether oxygens (including phenoxy) is 1. The van der Waals surface area contributed by atoms with Gasteiger partial charge in [-0.3, -0.25) is 4.79 Å². The van der Waals surface area contributed by atoms with E-state index in [4.69, 9.17) is 10.5 Å². The highest BCUT2D eigenvalue weighted by Crippen LogP contribution is 2.26. The van der Waals surface area contributed by atoms with Crippen LogP contribution in [0.1, 0.15) is 57.4 Å². The SMILES string of the molecule is CC(C)c1ccccc1OCCNC(=O)C1(N)CCCCC1.Cl. The van der Waals surface area contributed by atoms with E-state index in [-0.39, 0.29) is 18.3 Å². The summed E-state index contributed by atoms with van der Waals surface area (Å²) in [5.41, 5.74) is 6.73. The molecule has 5 heteroatoms. The van der Waals surface area contributed by atoms with Crippen LogP contribution in [-0.4, -0.2) is 24.6 Å². The first-order valence-corrected chi connectivity index (χ1v) is 8.32. The van der Waals surface area contributed by atoms with Crippen molar-refractivity contribution in [1.82, 2.24) is 5.32 Å². The average Bonchev–Trinajstić information content (AvgIpc) is 2.52. The summed E-state index contributed by atoms with van der Waals surface area (Å²) in [6, 6.07) is 8.04. The molecule has 1 aromatic carbocycles. The maximum Gasteiger partial charge on any atom is 0.240 e. The Kier molecular flexibility index (Phi) is 7.86. The van der Waals surface area contributed by atoms with Gasteiger partial charge in [0.05, 0.1) is 12.1 Å². The highest BCUT2D eigenvalue weighted by molar-refractivity contribution is 5.86. The van der Waals surface area contributed by atoms with E-state index in [1.165, 1.54) is 12.0 Å². The number of hydrogen-bond acceptors (Lipinski definition) is 3. The molecule has 0 aliphatic heterocycles. The number of para-hydroxylation sites is 1. The summed E-state index contributed by atoms with van der Waals surface area (Å²) in [5.74, 6) is 1.28. The topological polar surface area (TPSA) is 64.3 Å². The first-order chi connectivity index (χ1) is 10.5. The molecule has 0 saturated heterocycles. The van der Waals surface area contributed by atoms with Crippen LogP contribution in [0.5, 0.6) is 5.75 Å².